The van der Waals surface area contributed by atoms with E-state index in [0.29, 0.717) is 6.04 Å². The van der Waals surface area contributed by atoms with Crippen LogP contribution < -0.4 is 16.2 Å². The molecule has 118 valence electrons. The quantitative estimate of drug-likeness (QED) is 0.634. The monoisotopic (exact) mass is 292 g/mol. The Kier molecular flexibility index (Phi) is 5.36. The Hall–Kier alpha value is -1.40. The lowest BCUT2D eigenvalue weighted by Gasteiger charge is -2.36. The number of hydrogen-bond acceptors (Lipinski definition) is 6. The van der Waals surface area contributed by atoms with Crippen LogP contribution in [0.25, 0.3) is 0 Å². The average Bonchev–Trinajstić information content (AvgIpc) is 2.49. The fourth-order valence-electron chi connectivity index (χ4n) is 2.93. The van der Waals surface area contributed by atoms with E-state index in [1.54, 1.807) is 0 Å². The maximum atomic E-state index is 5.61. The summed E-state index contributed by atoms with van der Waals surface area (Å²) in [5.74, 6) is 8.27. The van der Waals surface area contributed by atoms with Crippen LogP contribution in [0.1, 0.15) is 37.6 Å². The molecule has 0 unspecified atom stereocenters. The summed E-state index contributed by atoms with van der Waals surface area (Å²) in [7, 11) is 4.32. The van der Waals surface area contributed by atoms with Crippen LogP contribution in [0.3, 0.4) is 0 Å². The van der Waals surface area contributed by atoms with Crippen molar-refractivity contribution in [2.75, 3.05) is 37.5 Å². The van der Waals surface area contributed by atoms with Crippen LogP contribution in [0.2, 0.25) is 0 Å². The van der Waals surface area contributed by atoms with E-state index in [1.165, 1.54) is 12.8 Å². The lowest BCUT2D eigenvalue weighted by molar-refractivity contribution is 0.249. The van der Waals surface area contributed by atoms with Gasteiger partial charge in [0.2, 0.25) is 0 Å². The van der Waals surface area contributed by atoms with Crippen molar-refractivity contribution < 1.29 is 0 Å². The van der Waals surface area contributed by atoms with Gasteiger partial charge in [0.15, 0.2) is 0 Å². The lowest BCUT2D eigenvalue weighted by Crippen LogP contribution is -2.42. The topological polar surface area (TPSA) is 70.3 Å². The smallest absolute Gasteiger partial charge is 0.148 e. The Morgan fingerprint density at radius 2 is 1.95 bits per heavy atom. The number of piperidine rings is 1. The van der Waals surface area contributed by atoms with E-state index in [1.807, 2.05) is 6.92 Å². The Labute approximate surface area is 127 Å². The van der Waals surface area contributed by atoms with Crippen molar-refractivity contribution in [2.24, 2.45) is 5.84 Å². The fourth-order valence-corrected chi connectivity index (χ4v) is 2.93. The van der Waals surface area contributed by atoms with Crippen LogP contribution in [-0.2, 0) is 6.42 Å². The molecule has 21 heavy (non-hydrogen) atoms. The van der Waals surface area contributed by atoms with Gasteiger partial charge in [0.25, 0.3) is 0 Å². The van der Waals surface area contributed by atoms with Crippen molar-refractivity contribution in [3.8, 4) is 0 Å². The second-order valence-corrected chi connectivity index (χ2v) is 6.01. The highest BCUT2D eigenvalue weighted by Crippen LogP contribution is 2.27. The minimum Gasteiger partial charge on any atom is -0.356 e. The number of nitrogen functional groups attached to an aromatic ring is 1. The van der Waals surface area contributed by atoms with E-state index in [0.717, 1.165) is 49.0 Å². The van der Waals surface area contributed by atoms with E-state index in [4.69, 9.17) is 10.8 Å². The standard InChI is InChI=1S/C15H28N6/c1-5-6-13-17-14(19-16)11(2)15(18-13)21-9-7-12(8-10-21)20(3)4/h12H,5-10,16H2,1-4H3,(H,17,18,19). The third-order valence-corrected chi connectivity index (χ3v) is 4.27. The minimum atomic E-state index is 0.672. The molecule has 1 aliphatic heterocycles. The van der Waals surface area contributed by atoms with Gasteiger partial charge in [-0.1, -0.05) is 6.92 Å². The molecule has 0 amide bonds. The van der Waals surface area contributed by atoms with Crippen LogP contribution in [0.15, 0.2) is 0 Å². The summed E-state index contributed by atoms with van der Waals surface area (Å²) in [6.45, 7) is 6.26. The number of hydrazine groups is 1. The predicted molar refractivity (Wildman–Crippen MR) is 87.5 cm³/mol. The summed E-state index contributed by atoms with van der Waals surface area (Å²) in [4.78, 5) is 14.0. The van der Waals surface area contributed by atoms with Crippen molar-refractivity contribution in [2.45, 2.75) is 45.6 Å². The van der Waals surface area contributed by atoms with Crippen molar-refractivity contribution in [3.05, 3.63) is 11.4 Å². The third kappa shape index (κ3) is 3.63. The lowest BCUT2D eigenvalue weighted by atomic mass is 10.0. The molecule has 6 heteroatoms. The fraction of sp³-hybridized carbons (Fsp3) is 0.733. The third-order valence-electron chi connectivity index (χ3n) is 4.27. The molecule has 1 aromatic heterocycles. The largest absolute Gasteiger partial charge is 0.356 e. The number of anilines is 2. The summed E-state index contributed by atoms with van der Waals surface area (Å²) in [5.41, 5.74) is 3.76. The molecule has 1 fully saturated rings. The first-order valence-electron chi connectivity index (χ1n) is 7.82. The molecule has 2 heterocycles. The van der Waals surface area contributed by atoms with Crippen molar-refractivity contribution >= 4 is 11.6 Å². The summed E-state index contributed by atoms with van der Waals surface area (Å²) in [6.07, 6.45) is 4.27. The second-order valence-electron chi connectivity index (χ2n) is 6.01. The van der Waals surface area contributed by atoms with Crippen LogP contribution in [-0.4, -0.2) is 48.1 Å². The van der Waals surface area contributed by atoms with E-state index in [-0.39, 0.29) is 0 Å². The van der Waals surface area contributed by atoms with Crippen LogP contribution in [0.5, 0.6) is 0 Å². The minimum absolute atomic E-state index is 0.672. The first-order chi connectivity index (χ1) is 10.1. The molecule has 0 saturated carbocycles. The van der Waals surface area contributed by atoms with E-state index >= 15 is 0 Å². The summed E-state index contributed by atoms with van der Waals surface area (Å²) < 4.78 is 0. The van der Waals surface area contributed by atoms with Crippen molar-refractivity contribution in [1.29, 1.82) is 0 Å². The van der Waals surface area contributed by atoms with Gasteiger partial charge in [-0.3, -0.25) is 0 Å². The van der Waals surface area contributed by atoms with E-state index < -0.39 is 0 Å². The molecular weight excluding hydrogens is 264 g/mol. The molecule has 0 aliphatic carbocycles. The van der Waals surface area contributed by atoms with Gasteiger partial charge >= 0.3 is 0 Å². The van der Waals surface area contributed by atoms with Crippen LogP contribution >= 0.6 is 0 Å². The first kappa shape index (κ1) is 16.0. The van der Waals surface area contributed by atoms with E-state index in [2.05, 4.69) is 41.2 Å². The maximum Gasteiger partial charge on any atom is 0.148 e. The number of nitrogens with one attached hydrogen (secondary N) is 1. The van der Waals surface area contributed by atoms with Gasteiger partial charge in [0, 0.05) is 31.1 Å². The van der Waals surface area contributed by atoms with Crippen LogP contribution in [0.4, 0.5) is 11.6 Å². The van der Waals surface area contributed by atoms with Gasteiger partial charge in [-0.05, 0) is 40.3 Å². The van der Waals surface area contributed by atoms with Gasteiger partial charge in [-0.25, -0.2) is 15.8 Å². The molecule has 0 radical (unpaired) electrons. The molecule has 1 aliphatic rings. The number of nitrogens with two attached hydrogens (primary N) is 1. The number of hydrogen-bond donors (Lipinski definition) is 2. The summed E-state index contributed by atoms with van der Waals surface area (Å²) >= 11 is 0. The summed E-state index contributed by atoms with van der Waals surface area (Å²) in [6, 6.07) is 0.672. The Balaban J connectivity index is 2.21. The molecule has 6 nitrogen and oxygen atoms in total. The molecule has 0 bridgehead atoms. The van der Waals surface area contributed by atoms with Crippen molar-refractivity contribution in [3.63, 3.8) is 0 Å². The Morgan fingerprint density at radius 3 is 2.48 bits per heavy atom. The zero-order valence-electron chi connectivity index (χ0n) is 13.7. The molecular formula is C15H28N6. The molecule has 3 N–H and O–H groups in total. The SMILES string of the molecule is CCCc1nc(NN)c(C)c(N2CCC(N(C)C)CC2)n1. The Morgan fingerprint density at radius 1 is 1.29 bits per heavy atom. The highest BCUT2D eigenvalue weighted by atomic mass is 15.3. The first-order valence-corrected chi connectivity index (χ1v) is 7.82. The van der Waals surface area contributed by atoms with Crippen LogP contribution in [0, 0.1) is 6.92 Å². The summed E-state index contributed by atoms with van der Waals surface area (Å²) in [5, 5.41) is 0. The van der Waals surface area contributed by atoms with Gasteiger partial charge in [0.05, 0.1) is 0 Å². The van der Waals surface area contributed by atoms with Crippen molar-refractivity contribution in [1.82, 2.24) is 14.9 Å². The Bertz CT molecular complexity index is 465. The molecule has 0 atom stereocenters. The second kappa shape index (κ2) is 7.04. The molecule has 1 saturated heterocycles. The average molecular weight is 292 g/mol. The number of nitrogens with zero attached hydrogens (tertiary/aromatic N) is 4. The van der Waals surface area contributed by atoms with Gasteiger partial charge in [-0.15, -0.1) is 0 Å². The normalized spacial score (nSPS) is 16.6. The highest BCUT2D eigenvalue weighted by Gasteiger charge is 2.24. The zero-order valence-corrected chi connectivity index (χ0v) is 13.7. The zero-order chi connectivity index (χ0) is 15.4. The maximum absolute atomic E-state index is 5.61. The molecule has 2 rings (SSSR count). The van der Waals surface area contributed by atoms with Gasteiger partial charge < -0.3 is 15.2 Å². The number of rotatable bonds is 5. The predicted octanol–water partition coefficient (Wildman–Crippen LogP) is 1.55. The number of aromatic nitrogens is 2. The highest BCUT2D eigenvalue weighted by molar-refractivity contribution is 5.58. The van der Waals surface area contributed by atoms with E-state index in [9.17, 15) is 0 Å². The number of aryl methyl sites for hydroxylation is 1. The molecule has 0 aromatic carbocycles. The van der Waals surface area contributed by atoms with Gasteiger partial charge in [-0.2, -0.15) is 0 Å². The van der Waals surface area contributed by atoms with Gasteiger partial charge in [0.1, 0.15) is 17.5 Å². The molecule has 0 spiro atoms. The molecule has 1 aromatic rings.